The van der Waals surface area contributed by atoms with Crippen LogP contribution in [0.3, 0.4) is 0 Å². The van der Waals surface area contributed by atoms with Gasteiger partial charge in [0, 0.05) is 12.4 Å². The smallest absolute Gasteiger partial charge is 0.231 e. The predicted octanol–water partition coefficient (Wildman–Crippen LogP) is 0.945. The molecule has 0 amide bonds. The van der Waals surface area contributed by atoms with Crippen molar-refractivity contribution >= 4 is 26.7 Å². The number of hydrogen-bond acceptors (Lipinski definition) is 3. The Kier molecular flexibility index (Phi) is 2.15. The summed E-state index contributed by atoms with van der Waals surface area (Å²) in [5.74, 6) is 0.371. The molecule has 0 saturated heterocycles. The van der Waals surface area contributed by atoms with Crippen LogP contribution in [0.25, 0.3) is 10.9 Å². The van der Waals surface area contributed by atoms with Crippen molar-refractivity contribution in [3.05, 3.63) is 24.3 Å². The number of anilines is 1. The number of nitrogens with zero attached hydrogens (tertiary/aromatic N) is 2. The summed E-state index contributed by atoms with van der Waals surface area (Å²) in [5.41, 5.74) is 0.892. The Morgan fingerprint density at radius 1 is 1.33 bits per heavy atom. The van der Waals surface area contributed by atoms with Crippen molar-refractivity contribution in [3.63, 3.8) is 0 Å². The fourth-order valence-corrected chi connectivity index (χ4v) is 1.97. The summed E-state index contributed by atoms with van der Waals surface area (Å²) in [6, 6.07) is 7.44. The van der Waals surface area contributed by atoms with Gasteiger partial charge >= 0.3 is 0 Å². The molecule has 0 bridgehead atoms. The highest BCUT2D eigenvalue weighted by atomic mass is 32.2. The van der Waals surface area contributed by atoms with Crippen molar-refractivity contribution in [3.8, 4) is 0 Å². The van der Waals surface area contributed by atoms with E-state index in [0.717, 1.165) is 17.2 Å². The van der Waals surface area contributed by atoms with Gasteiger partial charge < -0.3 is 0 Å². The summed E-state index contributed by atoms with van der Waals surface area (Å²) in [6.45, 7) is 0. The molecule has 1 heterocycles. The Morgan fingerprint density at radius 2 is 2.00 bits per heavy atom. The Morgan fingerprint density at radius 3 is 2.67 bits per heavy atom. The predicted molar refractivity (Wildman–Crippen MR) is 59.2 cm³/mol. The first-order valence-electron chi connectivity index (χ1n) is 4.37. The number of rotatable bonds is 2. The van der Waals surface area contributed by atoms with Gasteiger partial charge in [-0.25, -0.2) is 8.42 Å². The van der Waals surface area contributed by atoms with E-state index in [4.69, 9.17) is 0 Å². The summed E-state index contributed by atoms with van der Waals surface area (Å²) in [5, 5.41) is 4.90. The molecule has 0 aliphatic carbocycles. The molecule has 5 nitrogen and oxygen atoms in total. The summed E-state index contributed by atoms with van der Waals surface area (Å²) < 4.78 is 26.2. The third-order valence-corrected chi connectivity index (χ3v) is 2.60. The molecule has 1 N–H and O–H groups in total. The summed E-state index contributed by atoms with van der Waals surface area (Å²) in [4.78, 5) is 0. The lowest BCUT2D eigenvalue weighted by Gasteiger charge is -1.98. The number of fused-ring (bicyclic) bond motifs is 1. The van der Waals surface area contributed by atoms with Crippen molar-refractivity contribution in [2.75, 3.05) is 11.0 Å². The topological polar surface area (TPSA) is 64.0 Å². The molecule has 2 rings (SSSR count). The molecule has 0 aliphatic rings. The van der Waals surface area contributed by atoms with Crippen LogP contribution in [0.2, 0.25) is 0 Å². The van der Waals surface area contributed by atoms with Gasteiger partial charge in [0.2, 0.25) is 10.0 Å². The van der Waals surface area contributed by atoms with E-state index in [-0.39, 0.29) is 0 Å². The van der Waals surface area contributed by atoms with Crippen LogP contribution in [0.5, 0.6) is 0 Å². The van der Waals surface area contributed by atoms with Gasteiger partial charge in [0.15, 0.2) is 5.82 Å². The van der Waals surface area contributed by atoms with E-state index in [1.54, 1.807) is 11.7 Å². The number of hydrogen-bond donors (Lipinski definition) is 1. The quantitative estimate of drug-likeness (QED) is 0.827. The molecule has 6 heteroatoms. The van der Waals surface area contributed by atoms with Crippen LogP contribution in [0.15, 0.2) is 24.3 Å². The second kappa shape index (κ2) is 3.23. The molecule has 0 unspecified atom stereocenters. The zero-order valence-electron chi connectivity index (χ0n) is 8.43. The zero-order valence-corrected chi connectivity index (χ0v) is 9.25. The van der Waals surface area contributed by atoms with Crippen molar-refractivity contribution in [1.29, 1.82) is 0 Å². The van der Waals surface area contributed by atoms with Gasteiger partial charge in [-0.3, -0.25) is 9.40 Å². The molecule has 80 valence electrons. The van der Waals surface area contributed by atoms with Gasteiger partial charge in [-0.1, -0.05) is 12.1 Å². The van der Waals surface area contributed by atoms with Gasteiger partial charge in [-0.05, 0) is 12.1 Å². The lowest BCUT2D eigenvalue weighted by atomic mass is 10.2. The highest BCUT2D eigenvalue weighted by molar-refractivity contribution is 7.92. The maximum absolute atomic E-state index is 11.1. The molecule has 0 aliphatic heterocycles. The molecular formula is C9H11N3O2S. The first-order chi connectivity index (χ1) is 6.97. The van der Waals surface area contributed by atoms with Crippen LogP contribution in [-0.4, -0.2) is 24.5 Å². The van der Waals surface area contributed by atoms with Gasteiger partial charge in [0.25, 0.3) is 0 Å². The average molecular weight is 225 g/mol. The third kappa shape index (κ3) is 1.94. The van der Waals surface area contributed by atoms with Crippen LogP contribution < -0.4 is 4.72 Å². The van der Waals surface area contributed by atoms with E-state index in [1.807, 2.05) is 24.3 Å². The second-order valence-corrected chi connectivity index (χ2v) is 5.11. The number of benzene rings is 1. The Balaban J connectivity index is 2.62. The molecule has 0 saturated carbocycles. The van der Waals surface area contributed by atoms with E-state index in [1.165, 1.54) is 0 Å². The van der Waals surface area contributed by atoms with Gasteiger partial charge in [-0.15, -0.1) is 0 Å². The van der Waals surface area contributed by atoms with Gasteiger partial charge in [0.1, 0.15) is 0 Å². The number of aromatic nitrogens is 2. The first-order valence-corrected chi connectivity index (χ1v) is 6.26. The van der Waals surface area contributed by atoms with E-state index < -0.39 is 10.0 Å². The van der Waals surface area contributed by atoms with Crippen LogP contribution in [0.1, 0.15) is 0 Å². The average Bonchev–Trinajstić information content (AvgIpc) is 2.42. The summed E-state index contributed by atoms with van der Waals surface area (Å²) >= 11 is 0. The van der Waals surface area contributed by atoms with E-state index >= 15 is 0 Å². The lowest BCUT2D eigenvalue weighted by molar-refractivity contribution is 0.606. The van der Waals surface area contributed by atoms with E-state index in [9.17, 15) is 8.42 Å². The highest BCUT2D eigenvalue weighted by Crippen LogP contribution is 2.22. The van der Waals surface area contributed by atoms with Crippen LogP contribution >= 0.6 is 0 Å². The largest absolute Gasteiger partial charge is 0.266 e. The summed E-state index contributed by atoms with van der Waals surface area (Å²) in [7, 11) is -1.51. The SMILES string of the molecule is Cn1nc(NS(C)(=O)=O)c2ccccc21. The molecule has 0 fully saturated rings. The molecular weight excluding hydrogens is 214 g/mol. The third-order valence-electron chi connectivity index (χ3n) is 2.04. The fraction of sp³-hybridized carbons (Fsp3) is 0.222. The molecule has 0 spiro atoms. The minimum Gasteiger partial charge on any atom is -0.266 e. The Labute approximate surface area is 87.8 Å². The van der Waals surface area contributed by atoms with Gasteiger partial charge in [-0.2, -0.15) is 5.10 Å². The number of para-hydroxylation sites is 1. The molecule has 15 heavy (non-hydrogen) atoms. The van der Waals surface area contributed by atoms with Crippen LogP contribution in [0, 0.1) is 0 Å². The highest BCUT2D eigenvalue weighted by Gasteiger charge is 2.10. The molecule has 1 aromatic carbocycles. The molecule has 2 aromatic rings. The second-order valence-electron chi connectivity index (χ2n) is 3.36. The fourth-order valence-electron chi connectivity index (χ4n) is 1.46. The maximum Gasteiger partial charge on any atom is 0.231 e. The standard InChI is InChI=1S/C9H11N3O2S/c1-12-8-6-4-3-5-7(8)9(10-12)11-15(2,13)14/h3-6H,1-2H3,(H,10,11). The van der Waals surface area contributed by atoms with Crippen molar-refractivity contribution < 1.29 is 8.42 Å². The Bertz CT molecular complexity index is 601. The minimum atomic E-state index is -3.28. The first kappa shape index (κ1) is 9.97. The number of nitrogens with one attached hydrogen (secondary N) is 1. The lowest BCUT2D eigenvalue weighted by Crippen LogP contribution is -2.10. The van der Waals surface area contributed by atoms with E-state index in [0.29, 0.717) is 5.82 Å². The normalized spacial score (nSPS) is 11.9. The van der Waals surface area contributed by atoms with Crippen LogP contribution in [-0.2, 0) is 17.1 Å². The van der Waals surface area contributed by atoms with Gasteiger partial charge in [0.05, 0.1) is 11.8 Å². The summed E-state index contributed by atoms with van der Waals surface area (Å²) in [6.07, 6.45) is 1.11. The minimum absolute atomic E-state index is 0.371. The maximum atomic E-state index is 11.1. The molecule has 0 radical (unpaired) electrons. The molecule has 1 aromatic heterocycles. The Hall–Kier alpha value is -1.56. The van der Waals surface area contributed by atoms with E-state index in [2.05, 4.69) is 9.82 Å². The number of sulfonamides is 1. The van der Waals surface area contributed by atoms with Crippen molar-refractivity contribution in [1.82, 2.24) is 9.78 Å². The van der Waals surface area contributed by atoms with Crippen molar-refractivity contribution in [2.45, 2.75) is 0 Å². The van der Waals surface area contributed by atoms with Crippen LogP contribution in [0.4, 0.5) is 5.82 Å². The number of aryl methyl sites for hydroxylation is 1. The zero-order chi connectivity index (χ0) is 11.1. The monoisotopic (exact) mass is 225 g/mol. The molecule has 0 atom stereocenters. The van der Waals surface area contributed by atoms with Crippen molar-refractivity contribution in [2.24, 2.45) is 7.05 Å².